The van der Waals surface area contributed by atoms with Gasteiger partial charge in [-0.3, -0.25) is 10.1 Å². The summed E-state index contributed by atoms with van der Waals surface area (Å²) < 4.78 is 52.7. The number of hydrogen-bond acceptors (Lipinski definition) is 6. The summed E-state index contributed by atoms with van der Waals surface area (Å²) in [6.45, 7) is -0.247. The van der Waals surface area contributed by atoms with E-state index in [4.69, 9.17) is 0 Å². The monoisotopic (exact) mass is 399 g/mol. The predicted octanol–water partition coefficient (Wildman–Crippen LogP) is 1.32. The average Bonchev–Trinajstić information content (AvgIpc) is 2.60. The lowest BCUT2D eigenvalue weighted by molar-refractivity contribution is -0.384. The van der Waals surface area contributed by atoms with Crippen LogP contribution in [0.2, 0.25) is 0 Å². The highest BCUT2D eigenvalue weighted by Crippen LogP contribution is 2.20. The molecule has 0 saturated carbocycles. The van der Waals surface area contributed by atoms with Crippen LogP contribution in [0.4, 0.5) is 5.69 Å². The third-order valence-corrected chi connectivity index (χ3v) is 6.87. The van der Waals surface area contributed by atoms with E-state index in [1.807, 2.05) is 0 Å². The van der Waals surface area contributed by atoms with Crippen LogP contribution in [0.3, 0.4) is 0 Å². The van der Waals surface area contributed by atoms with E-state index in [2.05, 4.69) is 4.72 Å². The normalized spacial score (nSPS) is 12.3. The van der Waals surface area contributed by atoms with Crippen molar-refractivity contribution in [2.45, 2.75) is 16.3 Å². The molecule has 0 saturated heterocycles. The lowest BCUT2D eigenvalue weighted by Gasteiger charge is -2.15. The summed E-state index contributed by atoms with van der Waals surface area (Å²) in [4.78, 5) is 9.85. The fourth-order valence-electron chi connectivity index (χ4n) is 2.10. The van der Waals surface area contributed by atoms with E-state index in [1.54, 1.807) is 12.1 Å². The number of non-ortho nitro benzene ring substituents is 1. The molecule has 140 valence electrons. The van der Waals surface area contributed by atoms with Gasteiger partial charge in [-0.2, -0.15) is 0 Å². The maximum absolute atomic E-state index is 12.3. The van der Waals surface area contributed by atoms with E-state index in [1.165, 1.54) is 26.2 Å². The topological polar surface area (TPSA) is 127 Å². The second-order valence-corrected chi connectivity index (χ2v) is 9.36. The number of nitro benzene ring substituents is 1. The average molecular weight is 399 g/mol. The van der Waals surface area contributed by atoms with Crippen LogP contribution in [0.5, 0.6) is 0 Å². The van der Waals surface area contributed by atoms with Gasteiger partial charge in [0.05, 0.1) is 14.7 Å². The van der Waals surface area contributed by atoms with Crippen molar-refractivity contribution >= 4 is 25.7 Å². The first kappa shape index (κ1) is 20.0. The Morgan fingerprint density at radius 2 is 1.58 bits per heavy atom. The third kappa shape index (κ3) is 4.25. The molecule has 0 aliphatic rings. The van der Waals surface area contributed by atoms with E-state index in [-0.39, 0.29) is 27.6 Å². The summed E-state index contributed by atoms with van der Waals surface area (Å²) in [5, 5.41) is 10.6. The Hall–Kier alpha value is -2.34. The summed E-state index contributed by atoms with van der Waals surface area (Å²) in [5.41, 5.74) is 0.0538. The van der Waals surface area contributed by atoms with Gasteiger partial charge in [-0.25, -0.2) is 25.9 Å². The van der Waals surface area contributed by atoms with Crippen LogP contribution in [-0.4, -0.2) is 40.2 Å². The van der Waals surface area contributed by atoms with Crippen LogP contribution < -0.4 is 4.72 Å². The number of rotatable bonds is 7. The zero-order chi connectivity index (χ0) is 19.5. The van der Waals surface area contributed by atoms with Crippen LogP contribution in [0.1, 0.15) is 5.56 Å². The Kier molecular flexibility index (Phi) is 5.76. The van der Waals surface area contributed by atoms with Crippen LogP contribution >= 0.6 is 0 Å². The van der Waals surface area contributed by atoms with Crippen molar-refractivity contribution in [1.82, 2.24) is 9.03 Å². The van der Waals surface area contributed by atoms with Gasteiger partial charge in [0.2, 0.25) is 20.0 Å². The quantitative estimate of drug-likeness (QED) is 0.553. The minimum Gasteiger partial charge on any atom is -0.258 e. The largest absolute Gasteiger partial charge is 0.269 e. The Morgan fingerprint density at radius 3 is 2.12 bits per heavy atom. The molecule has 26 heavy (non-hydrogen) atoms. The van der Waals surface area contributed by atoms with Crippen molar-refractivity contribution in [3.05, 3.63) is 64.2 Å². The van der Waals surface area contributed by atoms with Gasteiger partial charge in [0.25, 0.3) is 5.69 Å². The molecule has 0 atom stereocenters. The van der Waals surface area contributed by atoms with Gasteiger partial charge in [-0.15, -0.1) is 0 Å². The molecule has 0 amide bonds. The highest BCUT2D eigenvalue weighted by molar-refractivity contribution is 7.89. The lowest BCUT2D eigenvalue weighted by Crippen LogP contribution is -2.27. The molecule has 0 aliphatic carbocycles. The summed E-state index contributed by atoms with van der Waals surface area (Å²) in [5.74, 6) is 0. The molecule has 0 aromatic heterocycles. The van der Waals surface area contributed by atoms with Crippen LogP contribution in [0.15, 0.2) is 58.3 Å². The molecule has 0 fully saturated rings. The standard InChI is InChI=1S/C15H17N3O6S2/c1-17(2)26(23,24)15-6-4-3-5-12(15)11-16-25(21,22)14-9-7-13(8-10-14)18(19)20/h3-10,16H,11H2,1-2H3. The van der Waals surface area contributed by atoms with Gasteiger partial charge >= 0.3 is 0 Å². The Morgan fingerprint density at radius 1 is 1.00 bits per heavy atom. The Bertz CT molecular complexity index is 1020. The fraction of sp³-hybridized carbons (Fsp3) is 0.200. The SMILES string of the molecule is CN(C)S(=O)(=O)c1ccccc1CNS(=O)(=O)c1ccc([N+](=O)[O-])cc1. The number of nitrogens with one attached hydrogen (secondary N) is 1. The van der Waals surface area contributed by atoms with E-state index < -0.39 is 25.0 Å². The first-order valence-corrected chi connectivity index (χ1v) is 10.2. The Labute approximate surface area is 151 Å². The van der Waals surface area contributed by atoms with Gasteiger partial charge in [0, 0.05) is 32.8 Å². The van der Waals surface area contributed by atoms with E-state index in [9.17, 15) is 26.9 Å². The summed E-state index contributed by atoms with van der Waals surface area (Å²) in [7, 11) is -4.93. The minimum atomic E-state index is -3.96. The Balaban J connectivity index is 2.27. The minimum absolute atomic E-state index is 0.00333. The second kappa shape index (κ2) is 7.50. The smallest absolute Gasteiger partial charge is 0.258 e. The highest BCUT2D eigenvalue weighted by atomic mass is 32.2. The van der Waals surface area contributed by atoms with Gasteiger partial charge in [-0.1, -0.05) is 18.2 Å². The molecule has 9 nitrogen and oxygen atoms in total. The number of sulfonamides is 2. The van der Waals surface area contributed by atoms with Crippen molar-refractivity contribution in [3.63, 3.8) is 0 Å². The molecule has 0 spiro atoms. The molecular formula is C15H17N3O6S2. The molecular weight excluding hydrogens is 382 g/mol. The molecule has 2 aromatic carbocycles. The van der Waals surface area contributed by atoms with Crippen molar-refractivity contribution in [2.75, 3.05) is 14.1 Å². The zero-order valence-electron chi connectivity index (χ0n) is 14.0. The number of benzene rings is 2. The van der Waals surface area contributed by atoms with E-state index in [0.717, 1.165) is 28.6 Å². The number of hydrogen-bond donors (Lipinski definition) is 1. The summed E-state index contributed by atoms with van der Waals surface area (Å²) in [6.07, 6.45) is 0. The maximum atomic E-state index is 12.3. The molecule has 2 rings (SSSR count). The number of nitrogens with zero attached hydrogens (tertiary/aromatic N) is 2. The molecule has 0 radical (unpaired) electrons. The van der Waals surface area contributed by atoms with Crippen molar-refractivity contribution in [3.8, 4) is 0 Å². The van der Waals surface area contributed by atoms with Gasteiger partial charge < -0.3 is 0 Å². The fourth-order valence-corrected chi connectivity index (χ4v) is 4.22. The lowest BCUT2D eigenvalue weighted by atomic mass is 10.2. The van der Waals surface area contributed by atoms with Gasteiger partial charge in [-0.05, 0) is 23.8 Å². The van der Waals surface area contributed by atoms with Crippen LogP contribution in [0, 0.1) is 10.1 Å². The first-order valence-electron chi connectivity index (χ1n) is 7.30. The molecule has 2 aromatic rings. The van der Waals surface area contributed by atoms with Crippen LogP contribution in [-0.2, 0) is 26.6 Å². The molecule has 0 bridgehead atoms. The summed E-state index contributed by atoms with van der Waals surface area (Å²) >= 11 is 0. The third-order valence-electron chi connectivity index (χ3n) is 3.54. The molecule has 0 unspecified atom stereocenters. The van der Waals surface area contributed by atoms with E-state index >= 15 is 0 Å². The van der Waals surface area contributed by atoms with Crippen molar-refractivity contribution in [2.24, 2.45) is 0 Å². The molecule has 0 aliphatic heterocycles. The van der Waals surface area contributed by atoms with Gasteiger partial charge in [0.15, 0.2) is 0 Å². The second-order valence-electron chi connectivity index (χ2n) is 5.47. The molecule has 0 heterocycles. The summed E-state index contributed by atoms with van der Waals surface area (Å²) in [6, 6.07) is 10.4. The first-order chi connectivity index (χ1) is 12.1. The van der Waals surface area contributed by atoms with Gasteiger partial charge in [0.1, 0.15) is 0 Å². The highest BCUT2D eigenvalue weighted by Gasteiger charge is 2.22. The van der Waals surface area contributed by atoms with Crippen molar-refractivity contribution in [1.29, 1.82) is 0 Å². The predicted molar refractivity (Wildman–Crippen MR) is 94.4 cm³/mol. The maximum Gasteiger partial charge on any atom is 0.269 e. The van der Waals surface area contributed by atoms with Crippen molar-refractivity contribution < 1.29 is 21.8 Å². The van der Waals surface area contributed by atoms with E-state index in [0.29, 0.717) is 0 Å². The molecule has 1 N–H and O–H groups in total. The zero-order valence-corrected chi connectivity index (χ0v) is 15.6. The van der Waals surface area contributed by atoms with Crippen LogP contribution in [0.25, 0.3) is 0 Å². The number of nitro groups is 1. The molecule has 11 heteroatoms.